The Morgan fingerprint density at radius 3 is 1.11 bits per heavy atom. The minimum absolute atomic E-state index is 2.87. The van der Waals surface area contributed by atoms with Gasteiger partial charge >= 0.3 is 18.7 Å². The van der Waals surface area contributed by atoms with Gasteiger partial charge in [-0.3, -0.25) is 9.11 Å². The molecule has 0 aliphatic carbocycles. The van der Waals surface area contributed by atoms with Crippen LogP contribution < -0.4 is 0 Å². The van der Waals surface area contributed by atoms with Crippen LogP contribution in [0, 0.1) is 0 Å². The fourth-order valence-corrected chi connectivity index (χ4v) is 0. The summed E-state index contributed by atoms with van der Waals surface area (Å²) in [6.07, 6.45) is 0. The van der Waals surface area contributed by atoms with E-state index in [1.807, 2.05) is 0 Å². The van der Waals surface area contributed by atoms with Gasteiger partial charge in [-0.25, -0.2) is 0 Å². The predicted octanol–water partition coefficient (Wildman–Crippen LogP) is -1.02. The highest BCUT2D eigenvalue weighted by molar-refractivity contribution is 7.79. The molecule has 0 heterocycles. The molecule has 0 bridgehead atoms. The zero-order chi connectivity index (χ0) is 8.08. The van der Waals surface area contributed by atoms with Crippen molar-refractivity contribution in [2.24, 2.45) is 0 Å². The summed E-state index contributed by atoms with van der Waals surface area (Å²) in [6.45, 7) is 0. The van der Waals surface area contributed by atoms with Gasteiger partial charge < -0.3 is 0 Å². The molecule has 0 unspecified atom stereocenters. The molecule has 9 heavy (non-hydrogen) atoms. The summed E-state index contributed by atoms with van der Waals surface area (Å²) in [5, 5.41) is 0. The Morgan fingerprint density at radius 1 is 1.11 bits per heavy atom. The van der Waals surface area contributed by atoms with E-state index in [2.05, 4.69) is 0 Å². The van der Waals surface area contributed by atoms with Gasteiger partial charge in [0.1, 0.15) is 0 Å². The molecule has 0 rings (SSSR count). The van der Waals surface area contributed by atoms with Crippen LogP contribution in [0.3, 0.4) is 0 Å². The second-order valence-electron chi connectivity index (χ2n) is 0.701. The molecular formula is H4O7PS+. The van der Waals surface area contributed by atoms with Crippen molar-refractivity contribution in [1.82, 2.24) is 0 Å². The molecule has 9 heteroatoms. The predicted molar refractivity (Wildman–Crippen MR) is 26.2 cm³/mol. The second-order valence-corrected chi connectivity index (χ2v) is 2.10. The van der Waals surface area contributed by atoms with Crippen LogP contribution >= 0.6 is 8.25 Å². The van der Waals surface area contributed by atoms with Crippen LogP contribution in [0.25, 0.3) is 0 Å². The van der Waals surface area contributed by atoms with Gasteiger partial charge in [-0.2, -0.15) is 8.42 Å². The SMILES string of the molecule is O=S(=O)(O)O.O=[P+](O)O. The van der Waals surface area contributed by atoms with Crippen molar-refractivity contribution in [3.63, 3.8) is 0 Å². The van der Waals surface area contributed by atoms with E-state index >= 15 is 0 Å². The van der Waals surface area contributed by atoms with Crippen LogP contribution in [0.4, 0.5) is 0 Å². The average Bonchev–Trinajstić information content (AvgIpc) is 1.19. The average molecular weight is 179 g/mol. The maximum absolute atomic E-state index is 8.74. The monoisotopic (exact) mass is 179 g/mol. The van der Waals surface area contributed by atoms with Crippen molar-refractivity contribution in [2.45, 2.75) is 0 Å². The summed E-state index contributed by atoms with van der Waals surface area (Å²) in [7, 11) is -7.54. The first kappa shape index (κ1) is 11.7. The van der Waals surface area contributed by atoms with Gasteiger partial charge in [0.05, 0.1) is 0 Å². The third-order valence-corrected chi connectivity index (χ3v) is 0. The largest absolute Gasteiger partial charge is 0.692 e. The number of hydrogen-bond donors (Lipinski definition) is 4. The molecule has 7 nitrogen and oxygen atoms in total. The first-order valence-corrected chi connectivity index (χ1v) is 3.84. The van der Waals surface area contributed by atoms with Crippen molar-refractivity contribution >= 4 is 18.7 Å². The lowest BCUT2D eigenvalue weighted by molar-refractivity contribution is 0.380. The first-order chi connectivity index (χ1) is 3.73. The summed E-state index contributed by atoms with van der Waals surface area (Å²) < 4.78 is 40.3. The standard InChI is InChI=1S/H2O4S.HO3P/c1-5(2,3)4;1-4(2)3/h(H2,1,2,3,4);(H-,1,2,3)/p+1. The van der Waals surface area contributed by atoms with Crippen molar-refractivity contribution < 1.29 is 31.9 Å². The molecule has 4 N–H and O–H groups in total. The van der Waals surface area contributed by atoms with Gasteiger partial charge in [-0.1, -0.05) is 0 Å². The van der Waals surface area contributed by atoms with E-state index in [-0.39, 0.29) is 0 Å². The highest BCUT2D eigenvalue weighted by Gasteiger charge is 1.93. The van der Waals surface area contributed by atoms with Crippen LogP contribution in [-0.2, 0) is 15.0 Å². The molecule has 0 aromatic carbocycles. The van der Waals surface area contributed by atoms with E-state index in [0.29, 0.717) is 0 Å². The first-order valence-electron chi connectivity index (χ1n) is 1.28. The summed E-state index contributed by atoms with van der Waals surface area (Å²) in [5.41, 5.74) is 0. The van der Waals surface area contributed by atoms with Gasteiger partial charge in [0.15, 0.2) is 0 Å². The quantitative estimate of drug-likeness (QED) is 0.276. The molecule has 0 amide bonds. The Kier molecular flexibility index (Phi) is 6.14. The Morgan fingerprint density at radius 2 is 1.11 bits per heavy atom. The molecule has 0 saturated carbocycles. The van der Waals surface area contributed by atoms with Crippen molar-refractivity contribution in [2.75, 3.05) is 0 Å². The topological polar surface area (TPSA) is 132 Å². The second kappa shape index (κ2) is 4.74. The molecule has 0 saturated heterocycles. The van der Waals surface area contributed by atoms with E-state index in [9.17, 15) is 0 Å². The maximum atomic E-state index is 8.74. The lowest BCUT2D eigenvalue weighted by Gasteiger charge is -1.68. The molecule has 0 aliphatic heterocycles. The molecule has 0 radical (unpaired) electrons. The van der Waals surface area contributed by atoms with Crippen molar-refractivity contribution in [3.05, 3.63) is 0 Å². The van der Waals surface area contributed by atoms with E-state index in [0.717, 1.165) is 0 Å². The van der Waals surface area contributed by atoms with E-state index in [1.165, 1.54) is 0 Å². The molecule has 56 valence electrons. The third kappa shape index (κ3) is 22600. The van der Waals surface area contributed by atoms with Crippen LogP contribution in [0.1, 0.15) is 0 Å². The molecule has 0 aromatic rings. The summed E-state index contributed by atoms with van der Waals surface area (Å²) in [4.78, 5) is 14.2. The Labute approximate surface area is 51.5 Å². The van der Waals surface area contributed by atoms with Crippen molar-refractivity contribution in [1.29, 1.82) is 0 Å². The molecule has 0 aromatic heterocycles. The fraction of sp³-hybridized carbons (Fsp3) is 0. The van der Waals surface area contributed by atoms with Crippen LogP contribution in [0.5, 0.6) is 0 Å². The Balaban J connectivity index is 0. The summed E-state index contributed by atoms with van der Waals surface area (Å²) in [6, 6.07) is 0. The highest BCUT2D eigenvalue weighted by atomic mass is 32.3. The Bertz CT molecular complexity index is 151. The summed E-state index contributed by atoms with van der Waals surface area (Å²) in [5.74, 6) is 0. The molecule has 0 atom stereocenters. The third-order valence-electron chi connectivity index (χ3n) is 0. The van der Waals surface area contributed by atoms with E-state index in [1.54, 1.807) is 0 Å². The van der Waals surface area contributed by atoms with Gasteiger partial charge in [0.25, 0.3) is 0 Å². The molecule has 0 fully saturated rings. The molecule has 0 aliphatic rings. The zero-order valence-electron chi connectivity index (χ0n) is 3.87. The number of hydrogen-bond acceptors (Lipinski definition) is 3. The highest BCUT2D eigenvalue weighted by Crippen LogP contribution is 1.98. The minimum atomic E-state index is -4.67. The summed E-state index contributed by atoms with van der Waals surface area (Å²) >= 11 is 0. The van der Waals surface area contributed by atoms with Gasteiger partial charge in [0, 0.05) is 4.57 Å². The Hall–Kier alpha value is -0.110. The van der Waals surface area contributed by atoms with E-state index in [4.69, 9.17) is 31.9 Å². The van der Waals surface area contributed by atoms with Crippen molar-refractivity contribution in [3.8, 4) is 0 Å². The lowest BCUT2D eigenvalue weighted by Crippen LogP contribution is -1.89. The smallest absolute Gasteiger partial charge is 0.264 e. The lowest BCUT2D eigenvalue weighted by atomic mass is 15.8. The zero-order valence-corrected chi connectivity index (χ0v) is 5.58. The van der Waals surface area contributed by atoms with Crippen LogP contribution in [0.2, 0.25) is 0 Å². The van der Waals surface area contributed by atoms with E-state index < -0.39 is 18.7 Å². The van der Waals surface area contributed by atoms with Gasteiger partial charge in [-0.05, 0) is 0 Å². The number of rotatable bonds is 0. The molecular weight excluding hydrogens is 175 g/mol. The van der Waals surface area contributed by atoms with Gasteiger partial charge in [-0.15, -0.1) is 9.79 Å². The molecule has 0 spiro atoms. The van der Waals surface area contributed by atoms with Crippen LogP contribution in [-0.4, -0.2) is 27.3 Å². The normalized spacial score (nSPS) is 9.33. The fourth-order valence-electron chi connectivity index (χ4n) is 0. The van der Waals surface area contributed by atoms with Crippen LogP contribution in [0.15, 0.2) is 0 Å². The minimum Gasteiger partial charge on any atom is -0.264 e. The van der Waals surface area contributed by atoms with Gasteiger partial charge in [0.2, 0.25) is 0 Å². The maximum Gasteiger partial charge on any atom is 0.692 e.